The highest BCUT2D eigenvalue weighted by molar-refractivity contribution is 6.06. The first-order valence-corrected chi connectivity index (χ1v) is 6.28. The molecule has 1 aromatic carbocycles. The molecule has 19 heavy (non-hydrogen) atoms. The lowest BCUT2D eigenvalue weighted by molar-refractivity contribution is -0.135. The summed E-state index contributed by atoms with van der Waals surface area (Å²) in [5.41, 5.74) is 7.89. The molecule has 2 rings (SSSR count). The normalized spacial score (nSPS) is 18.4. The second kappa shape index (κ2) is 4.66. The number of piperazine rings is 1. The number of hydrogen-bond donors (Lipinski definition) is 2. The molecule has 0 aromatic heterocycles. The predicted molar refractivity (Wildman–Crippen MR) is 73.6 cm³/mol. The van der Waals surface area contributed by atoms with E-state index in [-0.39, 0.29) is 18.4 Å². The largest absolute Gasteiger partial charge is 0.348 e. The molecule has 0 saturated carbocycles. The van der Waals surface area contributed by atoms with Gasteiger partial charge in [0.05, 0.1) is 6.54 Å². The van der Waals surface area contributed by atoms with Crippen LogP contribution in [-0.2, 0) is 16.1 Å². The number of rotatable bonds is 2. The smallest absolute Gasteiger partial charge is 0.251 e. The van der Waals surface area contributed by atoms with E-state index in [4.69, 9.17) is 5.73 Å². The zero-order chi connectivity index (χ0) is 14.2. The molecule has 5 nitrogen and oxygen atoms in total. The number of benzene rings is 1. The molecule has 0 spiro atoms. The van der Waals surface area contributed by atoms with Crippen molar-refractivity contribution < 1.29 is 9.59 Å². The van der Waals surface area contributed by atoms with Gasteiger partial charge in [0.25, 0.3) is 5.91 Å². The summed E-state index contributed by atoms with van der Waals surface area (Å²) < 4.78 is 0. The quantitative estimate of drug-likeness (QED) is 0.768. The average Bonchev–Trinajstić information content (AvgIpc) is 2.34. The fourth-order valence-corrected chi connectivity index (χ4v) is 2.27. The number of nitrogens with zero attached hydrogens (tertiary/aromatic N) is 1. The van der Waals surface area contributed by atoms with Crippen LogP contribution < -0.4 is 16.0 Å². The summed E-state index contributed by atoms with van der Waals surface area (Å²) >= 11 is 0. The van der Waals surface area contributed by atoms with Gasteiger partial charge in [0, 0.05) is 12.2 Å². The van der Waals surface area contributed by atoms with E-state index in [1.807, 2.05) is 30.0 Å². The molecule has 1 aliphatic rings. The summed E-state index contributed by atoms with van der Waals surface area (Å²) in [6.07, 6.45) is 0. The van der Waals surface area contributed by atoms with Gasteiger partial charge in [-0.15, -0.1) is 0 Å². The number of carbonyl (C=O) groups excluding carboxylic acids is 2. The van der Waals surface area contributed by atoms with E-state index < -0.39 is 5.54 Å². The lowest BCUT2D eigenvalue weighted by atomic mass is 9.96. The van der Waals surface area contributed by atoms with Crippen molar-refractivity contribution in [2.24, 2.45) is 5.73 Å². The second-order valence-corrected chi connectivity index (χ2v) is 5.34. The van der Waals surface area contributed by atoms with Gasteiger partial charge in [-0.1, -0.05) is 6.07 Å². The number of carbonyl (C=O) groups is 2. The van der Waals surface area contributed by atoms with Crippen molar-refractivity contribution in [1.29, 1.82) is 0 Å². The molecule has 0 atom stereocenters. The van der Waals surface area contributed by atoms with Gasteiger partial charge in [-0.2, -0.15) is 0 Å². The van der Waals surface area contributed by atoms with Crippen molar-refractivity contribution in [2.75, 3.05) is 11.4 Å². The van der Waals surface area contributed by atoms with E-state index in [0.717, 1.165) is 16.8 Å². The van der Waals surface area contributed by atoms with E-state index >= 15 is 0 Å². The SMILES string of the molecule is Cc1cc(N2CC(=O)NC(=O)C2(C)C)ccc1CN. The standard InChI is InChI=1S/C14H19N3O2/c1-9-6-11(5-4-10(9)7-15)17-8-12(18)16-13(19)14(17,2)3/h4-6H,7-8,15H2,1-3H3,(H,16,18,19). The lowest BCUT2D eigenvalue weighted by Gasteiger charge is -2.42. The van der Waals surface area contributed by atoms with Crippen LogP contribution in [0, 0.1) is 6.92 Å². The lowest BCUT2D eigenvalue weighted by Crippen LogP contribution is -2.64. The van der Waals surface area contributed by atoms with Gasteiger partial charge in [0.15, 0.2) is 0 Å². The molecule has 1 saturated heterocycles. The Kier molecular flexibility index (Phi) is 3.32. The van der Waals surface area contributed by atoms with Crippen LogP contribution in [0.25, 0.3) is 0 Å². The van der Waals surface area contributed by atoms with Crippen LogP contribution in [0.15, 0.2) is 18.2 Å². The molecular weight excluding hydrogens is 242 g/mol. The number of nitrogens with two attached hydrogens (primary N) is 1. The highest BCUT2D eigenvalue weighted by atomic mass is 16.2. The van der Waals surface area contributed by atoms with Crippen molar-refractivity contribution >= 4 is 17.5 Å². The maximum Gasteiger partial charge on any atom is 0.251 e. The third kappa shape index (κ3) is 2.33. The summed E-state index contributed by atoms with van der Waals surface area (Å²) in [6, 6.07) is 5.82. The molecule has 0 unspecified atom stereocenters. The van der Waals surface area contributed by atoms with Crippen LogP contribution in [0.1, 0.15) is 25.0 Å². The Labute approximate surface area is 112 Å². The molecule has 1 aromatic rings. The molecule has 2 amide bonds. The molecule has 5 heteroatoms. The van der Waals surface area contributed by atoms with E-state index in [9.17, 15) is 9.59 Å². The minimum Gasteiger partial charge on any atom is -0.348 e. The van der Waals surface area contributed by atoms with Gasteiger partial charge < -0.3 is 10.6 Å². The minimum atomic E-state index is -0.745. The van der Waals surface area contributed by atoms with Crippen molar-refractivity contribution in [3.8, 4) is 0 Å². The number of imide groups is 1. The maximum atomic E-state index is 11.9. The van der Waals surface area contributed by atoms with Crippen LogP contribution in [0.2, 0.25) is 0 Å². The molecular formula is C14H19N3O2. The summed E-state index contributed by atoms with van der Waals surface area (Å²) in [5.74, 6) is -0.547. The molecule has 0 bridgehead atoms. The molecule has 0 aliphatic carbocycles. The van der Waals surface area contributed by atoms with Gasteiger partial charge in [-0.05, 0) is 44.0 Å². The van der Waals surface area contributed by atoms with Gasteiger partial charge in [-0.25, -0.2) is 0 Å². The van der Waals surface area contributed by atoms with E-state index in [1.54, 1.807) is 13.8 Å². The molecule has 102 valence electrons. The molecule has 1 heterocycles. The first-order chi connectivity index (χ1) is 8.86. The Morgan fingerprint density at radius 3 is 2.63 bits per heavy atom. The summed E-state index contributed by atoms with van der Waals surface area (Å²) in [6.45, 7) is 6.25. The van der Waals surface area contributed by atoms with Crippen LogP contribution in [-0.4, -0.2) is 23.9 Å². The Morgan fingerprint density at radius 1 is 1.37 bits per heavy atom. The Bertz CT molecular complexity index is 537. The number of amides is 2. The van der Waals surface area contributed by atoms with E-state index in [0.29, 0.717) is 6.54 Å². The number of nitrogens with one attached hydrogen (secondary N) is 1. The number of hydrogen-bond acceptors (Lipinski definition) is 4. The van der Waals surface area contributed by atoms with Gasteiger partial charge >= 0.3 is 0 Å². The predicted octanol–water partition coefficient (Wildman–Crippen LogP) is 0.695. The van der Waals surface area contributed by atoms with E-state index in [1.165, 1.54) is 0 Å². The first kappa shape index (κ1) is 13.5. The summed E-state index contributed by atoms with van der Waals surface area (Å²) in [4.78, 5) is 25.3. The Balaban J connectivity index is 2.41. The van der Waals surface area contributed by atoms with Crippen LogP contribution in [0.4, 0.5) is 5.69 Å². The highest BCUT2D eigenvalue weighted by Crippen LogP contribution is 2.28. The monoisotopic (exact) mass is 261 g/mol. The fourth-order valence-electron chi connectivity index (χ4n) is 2.27. The topological polar surface area (TPSA) is 75.4 Å². The maximum absolute atomic E-state index is 11.9. The zero-order valence-corrected chi connectivity index (χ0v) is 11.5. The number of aryl methyl sites for hydroxylation is 1. The van der Waals surface area contributed by atoms with Crippen molar-refractivity contribution in [3.63, 3.8) is 0 Å². The third-order valence-corrected chi connectivity index (χ3v) is 3.64. The summed E-state index contributed by atoms with van der Waals surface area (Å²) in [5, 5.41) is 2.37. The summed E-state index contributed by atoms with van der Waals surface area (Å²) in [7, 11) is 0. The molecule has 1 fully saturated rings. The van der Waals surface area contributed by atoms with Crippen molar-refractivity contribution in [3.05, 3.63) is 29.3 Å². The van der Waals surface area contributed by atoms with Crippen molar-refractivity contribution in [1.82, 2.24) is 5.32 Å². The Hall–Kier alpha value is -1.88. The molecule has 3 N–H and O–H groups in total. The molecule has 0 radical (unpaired) electrons. The van der Waals surface area contributed by atoms with Gasteiger partial charge in [0.1, 0.15) is 5.54 Å². The second-order valence-electron chi connectivity index (χ2n) is 5.34. The van der Waals surface area contributed by atoms with Gasteiger partial charge in [-0.3, -0.25) is 14.9 Å². The van der Waals surface area contributed by atoms with Crippen LogP contribution >= 0.6 is 0 Å². The highest BCUT2D eigenvalue weighted by Gasteiger charge is 2.40. The Morgan fingerprint density at radius 2 is 2.05 bits per heavy atom. The van der Waals surface area contributed by atoms with Crippen molar-refractivity contribution in [2.45, 2.75) is 32.9 Å². The van der Waals surface area contributed by atoms with Gasteiger partial charge in [0.2, 0.25) is 5.91 Å². The fraction of sp³-hybridized carbons (Fsp3) is 0.429. The minimum absolute atomic E-state index is 0.181. The number of anilines is 1. The van der Waals surface area contributed by atoms with Crippen LogP contribution in [0.5, 0.6) is 0 Å². The van der Waals surface area contributed by atoms with Crippen LogP contribution in [0.3, 0.4) is 0 Å². The zero-order valence-electron chi connectivity index (χ0n) is 11.5. The van der Waals surface area contributed by atoms with E-state index in [2.05, 4.69) is 5.32 Å². The third-order valence-electron chi connectivity index (χ3n) is 3.64. The molecule has 1 aliphatic heterocycles. The first-order valence-electron chi connectivity index (χ1n) is 6.28. The average molecular weight is 261 g/mol.